The van der Waals surface area contributed by atoms with Gasteiger partial charge in [0.15, 0.2) is 0 Å². The predicted octanol–water partition coefficient (Wildman–Crippen LogP) is 1.82. The Labute approximate surface area is 92.5 Å². The lowest BCUT2D eigenvalue weighted by molar-refractivity contribution is -0.00591. The summed E-state index contributed by atoms with van der Waals surface area (Å²) in [5, 5.41) is 21.8. The van der Waals surface area contributed by atoms with E-state index in [2.05, 4.69) is 18.3 Å². The largest absolute Gasteiger partial charge is 0.389 e. The molecule has 0 radical (unpaired) electrons. The second kappa shape index (κ2) is 6.09. The van der Waals surface area contributed by atoms with E-state index in [9.17, 15) is 5.11 Å². The first-order valence-corrected chi connectivity index (χ1v) is 5.96. The second-order valence-corrected chi connectivity index (χ2v) is 4.85. The topological polar surface area (TPSA) is 56.0 Å². The molecule has 0 aromatic carbocycles. The van der Waals surface area contributed by atoms with E-state index in [0.717, 1.165) is 44.6 Å². The summed E-state index contributed by atoms with van der Waals surface area (Å²) in [5.41, 5.74) is -0.487. The molecule has 0 unspecified atom stereocenters. The van der Waals surface area contributed by atoms with E-state index in [-0.39, 0.29) is 0 Å². The van der Waals surface area contributed by atoms with Crippen LogP contribution in [-0.2, 0) is 0 Å². The third-order valence-corrected chi connectivity index (χ3v) is 3.30. The van der Waals surface area contributed by atoms with Crippen molar-refractivity contribution < 1.29 is 5.11 Å². The minimum absolute atomic E-state index is 0.487. The monoisotopic (exact) mass is 210 g/mol. The van der Waals surface area contributed by atoms with E-state index in [1.807, 2.05) is 0 Å². The maximum Gasteiger partial charge on any atom is 0.0771 e. The van der Waals surface area contributed by atoms with Gasteiger partial charge in [0.1, 0.15) is 0 Å². The Morgan fingerprint density at radius 2 is 2.13 bits per heavy atom. The van der Waals surface area contributed by atoms with Crippen molar-refractivity contribution in [3.05, 3.63) is 0 Å². The maximum absolute atomic E-state index is 10.2. The summed E-state index contributed by atoms with van der Waals surface area (Å²) in [4.78, 5) is 0. The third kappa shape index (κ3) is 4.63. The van der Waals surface area contributed by atoms with Crippen LogP contribution in [0.3, 0.4) is 0 Å². The lowest BCUT2D eigenvalue weighted by Crippen LogP contribution is -2.43. The van der Waals surface area contributed by atoms with E-state index in [4.69, 9.17) is 5.26 Å². The highest BCUT2D eigenvalue weighted by atomic mass is 16.3. The number of unbranched alkanes of at least 4 members (excludes halogenated alkanes) is 1. The zero-order valence-electron chi connectivity index (χ0n) is 9.63. The predicted molar refractivity (Wildman–Crippen MR) is 60.3 cm³/mol. The normalized spacial score (nSPS) is 31.1. The van der Waals surface area contributed by atoms with Gasteiger partial charge in [0.25, 0.3) is 0 Å². The van der Waals surface area contributed by atoms with E-state index < -0.39 is 5.60 Å². The Kier molecular flexibility index (Phi) is 5.07. The van der Waals surface area contributed by atoms with Gasteiger partial charge in [-0.05, 0) is 44.6 Å². The fourth-order valence-corrected chi connectivity index (χ4v) is 2.09. The maximum atomic E-state index is 10.2. The Morgan fingerprint density at radius 1 is 1.47 bits per heavy atom. The van der Waals surface area contributed by atoms with Gasteiger partial charge < -0.3 is 10.4 Å². The van der Waals surface area contributed by atoms with Crippen LogP contribution in [0.1, 0.15) is 45.4 Å². The van der Waals surface area contributed by atoms with Gasteiger partial charge in [-0.25, -0.2) is 0 Å². The average molecular weight is 210 g/mol. The molecule has 0 aromatic heterocycles. The first-order valence-electron chi connectivity index (χ1n) is 5.96. The van der Waals surface area contributed by atoms with Crippen molar-refractivity contribution in [2.24, 2.45) is 5.92 Å². The van der Waals surface area contributed by atoms with Gasteiger partial charge in [0, 0.05) is 13.0 Å². The molecule has 2 N–H and O–H groups in total. The zero-order valence-corrected chi connectivity index (χ0v) is 9.63. The van der Waals surface area contributed by atoms with E-state index in [1.54, 1.807) is 0 Å². The molecular weight excluding hydrogens is 188 g/mol. The molecule has 1 aliphatic rings. The van der Waals surface area contributed by atoms with Crippen LogP contribution >= 0.6 is 0 Å². The Morgan fingerprint density at radius 3 is 2.73 bits per heavy atom. The molecule has 1 aliphatic carbocycles. The van der Waals surface area contributed by atoms with Gasteiger partial charge >= 0.3 is 0 Å². The van der Waals surface area contributed by atoms with Crippen molar-refractivity contribution >= 4 is 0 Å². The van der Waals surface area contributed by atoms with Gasteiger partial charge in [-0.3, -0.25) is 0 Å². The van der Waals surface area contributed by atoms with Gasteiger partial charge in [0.2, 0.25) is 0 Å². The van der Waals surface area contributed by atoms with Gasteiger partial charge in [-0.1, -0.05) is 6.92 Å². The fourth-order valence-electron chi connectivity index (χ4n) is 2.09. The standard InChI is InChI=1S/C12H22N2O/c1-11-4-6-12(15,7-5-11)10-14-9-3-2-8-13/h11,14-15H,2-7,9-10H2,1H3. The molecule has 86 valence electrons. The molecule has 1 fully saturated rings. The number of aliphatic hydroxyl groups is 1. The van der Waals surface area contributed by atoms with Crippen molar-refractivity contribution in [3.8, 4) is 6.07 Å². The first-order chi connectivity index (χ1) is 7.16. The Bertz CT molecular complexity index is 214. The fraction of sp³-hybridized carbons (Fsp3) is 0.917. The molecule has 0 spiro atoms. The SMILES string of the molecule is CC1CCC(O)(CNCCCC#N)CC1. The molecule has 3 heteroatoms. The summed E-state index contributed by atoms with van der Waals surface area (Å²) in [7, 11) is 0. The van der Waals surface area contributed by atoms with E-state index in [0.29, 0.717) is 13.0 Å². The van der Waals surface area contributed by atoms with Crippen LogP contribution in [0.5, 0.6) is 0 Å². The lowest BCUT2D eigenvalue weighted by Gasteiger charge is -2.35. The summed E-state index contributed by atoms with van der Waals surface area (Å²) in [6, 6.07) is 2.12. The highest BCUT2D eigenvalue weighted by molar-refractivity contribution is 4.86. The molecule has 0 heterocycles. The summed E-state index contributed by atoms with van der Waals surface area (Å²) in [6.45, 7) is 3.77. The summed E-state index contributed by atoms with van der Waals surface area (Å²) < 4.78 is 0. The van der Waals surface area contributed by atoms with Gasteiger partial charge in [0.05, 0.1) is 11.7 Å². The van der Waals surface area contributed by atoms with Crippen LogP contribution < -0.4 is 5.32 Å². The molecule has 0 saturated heterocycles. The van der Waals surface area contributed by atoms with Crippen LogP contribution in [0, 0.1) is 17.2 Å². The minimum atomic E-state index is -0.487. The minimum Gasteiger partial charge on any atom is -0.389 e. The molecule has 3 nitrogen and oxygen atoms in total. The van der Waals surface area contributed by atoms with Crippen LogP contribution in [0.2, 0.25) is 0 Å². The van der Waals surface area contributed by atoms with Gasteiger partial charge in [-0.2, -0.15) is 5.26 Å². The number of hydrogen-bond donors (Lipinski definition) is 2. The van der Waals surface area contributed by atoms with E-state index in [1.165, 1.54) is 0 Å². The van der Waals surface area contributed by atoms with Crippen LogP contribution in [0.25, 0.3) is 0 Å². The zero-order chi connectivity index (χ0) is 11.1. The van der Waals surface area contributed by atoms with Crippen molar-refractivity contribution in [3.63, 3.8) is 0 Å². The molecule has 0 bridgehead atoms. The molecular formula is C12H22N2O. The van der Waals surface area contributed by atoms with Crippen LogP contribution in [0.4, 0.5) is 0 Å². The molecule has 0 aromatic rings. The Hall–Kier alpha value is -0.590. The number of rotatable bonds is 5. The quantitative estimate of drug-likeness (QED) is 0.681. The van der Waals surface area contributed by atoms with Crippen LogP contribution in [-0.4, -0.2) is 23.8 Å². The van der Waals surface area contributed by atoms with Gasteiger partial charge in [-0.15, -0.1) is 0 Å². The van der Waals surface area contributed by atoms with E-state index >= 15 is 0 Å². The summed E-state index contributed by atoms with van der Waals surface area (Å²) in [5.74, 6) is 0.767. The van der Waals surface area contributed by atoms with Crippen molar-refractivity contribution in [1.82, 2.24) is 5.32 Å². The molecule has 1 saturated carbocycles. The summed E-state index contributed by atoms with van der Waals surface area (Å²) >= 11 is 0. The second-order valence-electron chi connectivity index (χ2n) is 4.85. The average Bonchev–Trinajstić information content (AvgIpc) is 2.23. The molecule has 1 rings (SSSR count). The van der Waals surface area contributed by atoms with Crippen molar-refractivity contribution in [2.45, 2.75) is 51.0 Å². The molecule has 0 atom stereocenters. The Balaban J connectivity index is 2.12. The summed E-state index contributed by atoms with van der Waals surface area (Å²) in [6.07, 6.45) is 5.58. The number of hydrogen-bond acceptors (Lipinski definition) is 3. The highest BCUT2D eigenvalue weighted by Crippen LogP contribution is 2.31. The number of nitriles is 1. The smallest absolute Gasteiger partial charge is 0.0771 e. The molecule has 0 aliphatic heterocycles. The molecule has 0 amide bonds. The first kappa shape index (κ1) is 12.5. The van der Waals surface area contributed by atoms with Crippen LogP contribution in [0.15, 0.2) is 0 Å². The van der Waals surface area contributed by atoms with Crippen molar-refractivity contribution in [1.29, 1.82) is 5.26 Å². The highest BCUT2D eigenvalue weighted by Gasteiger charge is 2.30. The third-order valence-electron chi connectivity index (χ3n) is 3.30. The number of nitrogens with one attached hydrogen (secondary N) is 1. The van der Waals surface area contributed by atoms with Crippen molar-refractivity contribution in [2.75, 3.05) is 13.1 Å². The molecule has 15 heavy (non-hydrogen) atoms. The lowest BCUT2D eigenvalue weighted by atomic mass is 9.79. The number of nitrogens with zero attached hydrogens (tertiary/aromatic N) is 1.